The molecule has 114 valence electrons. The van der Waals surface area contributed by atoms with E-state index >= 15 is 0 Å². The number of benzene rings is 1. The highest BCUT2D eigenvalue weighted by molar-refractivity contribution is 6.07. The van der Waals surface area contributed by atoms with Crippen molar-refractivity contribution in [3.8, 4) is 0 Å². The first-order valence-corrected chi connectivity index (χ1v) is 6.98. The van der Waals surface area contributed by atoms with Crippen molar-refractivity contribution in [2.75, 3.05) is 20.2 Å². The fourth-order valence-electron chi connectivity index (χ4n) is 2.85. The predicted molar refractivity (Wildman–Crippen MR) is 79.6 cm³/mol. The maximum Gasteiger partial charge on any atom is 0.337 e. The third-order valence-corrected chi connectivity index (χ3v) is 4.21. The molecule has 6 heteroatoms. The average Bonchev–Trinajstić information content (AvgIpc) is 2.99. The van der Waals surface area contributed by atoms with Gasteiger partial charge in [-0.2, -0.15) is 0 Å². The first-order chi connectivity index (χ1) is 10.6. The van der Waals surface area contributed by atoms with Crippen molar-refractivity contribution in [2.24, 2.45) is 0 Å². The van der Waals surface area contributed by atoms with Crippen molar-refractivity contribution < 1.29 is 19.4 Å². The second-order valence-corrected chi connectivity index (χ2v) is 5.38. The molecule has 1 aliphatic rings. The number of carboxylic acids is 1. The highest BCUT2D eigenvalue weighted by Crippen LogP contribution is 2.28. The summed E-state index contributed by atoms with van der Waals surface area (Å²) in [6, 6.07) is 7.30. The van der Waals surface area contributed by atoms with Crippen LogP contribution in [-0.2, 0) is 9.53 Å². The quantitative estimate of drug-likeness (QED) is 0.930. The van der Waals surface area contributed by atoms with Gasteiger partial charge in [-0.15, -0.1) is 0 Å². The van der Waals surface area contributed by atoms with Gasteiger partial charge in [-0.3, -0.25) is 9.78 Å². The van der Waals surface area contributed by atoms with Gasteiger partial charge in [0, 0.05) is 43.4 Å². The van der Waals surface area contributed by atoms with Crippen molar-refractivity contribution in [1.82, 2.24) is 9.88 Å². The molecule has 1 saturated heterocycles. The van der Waals surface area contributed by atoms with Gasteiger partial charge in [-0.05, 0) is 17.5 Å². The van der Waals surface area contributed by atoms with Gasteiger partial charge in [0.25, 0.3) is 5.91 Å². The molecule has 1 N–H and O–H groups in total. The largest absolute Gasteiger partial charge is 0.479 e. The SMILES string of the molecule is COC1(C(=O)O)CCN(C(=O)c2cccc3ccncc23)C1. The topological polar surface area (TPSA) is 79.7 Å². The Hall–Kier alpha value is -2.47. The third kappa shape index (κ3) is 2.21. The number of hydrogen-bond acceptors (Lipinski definition) is 4. The fourth-order valence-corrected chi connectivity index (χ4v) is 2.85. The molecule has 2 aromatic rings. The Balaban J connectivity index is 1.93. The van der Waals surface area contributed by atoms with Crippen LogP contribution in [0.1, 0.15) is 16.8 Å². The number of fused-ring (bicyclic) bond motifs is 1. The summed E-state index contributed by atoms with van der Waals surface area (Å²) >= 11 is 0. The first kappa shape index (κ1) is 14.5. The van der Waals surface area contributed by atoms with Gasteiger partial charge in [0.1, 0.15) is 0 Å². The Bertz CT molecular complexity index is 741. The standard InChI is InChI=1S/C16H16N2O4/c1-22-16(15(20)21)6-8-18(10-16)14(19)12-4-2-3-11-5-7-17-9-13(11)12/h2-5,7,9H,6,8,10H2,1H3,(H,20,21). The summed E-state index contributed by atoms with van der Waals surface area (Å²) in [5, 5.41) is 11.0. The number of carbonyl (C=O) groups excluding carboxylic acids is 1. The first-order valence-electron chi connectivity index (χ1n) is 6.98. The third-order valence-electron chi connectivity index (χ3n) is 4.21. The molecule has 22 heavy (non-hydrogen) atoms. The highest BCUT2D eigenvalue weighted by Gasteiger charge is 2.46. The van der Waals surface area contributed by atoms with Gasteiger partial charge in [0.2, 0.25) is 0 Å². The summed E-state index contributed by atoms with van der Waals surface area (Å²) in [6.45, 7) is 0.407. The zero-order valence-electron chi connectivity index (χ0n) is 12.2. The monoisotopic (exact) mass is 300 g/mol. The average molecular weight is 300 g/mol. The molecule has 1 fully saturated rings. The summed E-state index contributed by atoms with van der Waals surface area (Å²) in [5.74, 6) is -1.23. The minimum atomic E-state index is -1.31. The summed E-state index contributed by atoms with van der Waals surface area (Å²) in [6.07, 6.45) is 3.61. The fraction of sp³-hybridized carbons (Fsp3) is 0.312. The number of methoxy groups -OCH3 is 1. The van der Waals surface area contributed by atoms with Gasteiger partial charge >= 0.3 is 5.97 Å². The van der Waals surface area contributed by atoms with Gasteiger partial charge in [-0.1, -0.05) is 12.1 Å². The van der Waals surface area contributed by atoms with E-state index in [0.29, 0.717) is 12.1 Å². The lowest BCUT2D eigenvalue weighted by Crippen LogP contribution is -2.44. The van der Waals surface area contributed by atoms with Crippen LogP contribution in [0.3, 0.4) is 0 Å². The van der Waals surface area contributed by atoms with Crippen molar-refractivity contribution >= 4 is 22.6 Å². The number of rotatable bonds is 3. The minimum absolute atomic E-state index is 0.0499. The molecule has 3 rings (SSSR count). The maximum atomic E-state index is 12.7. The van der Waals surface area contributed by atoms with E-state index in [1.807, 2.05) is 18.2 Å². The second-order valence-electron chi connectivity index (χ2n) is 5.38. The van der Waals surface area contributed by atoms with Crippen molar-refractivity contribution in [1.29, 1.82) is 0 Å². The van der Waals surface area contributed by atoms with E-state index in [9.17, 15) is 14.7 Å². The number of aromatic nitrogens is 1. The maximum absolute atomic E-state index is 12.7. The zero-order valence-corrected chi connectivity index (χ0v) is 12.2. The van der Waals surface area contributed by atoms with Crippen LogP contribution in [0, 0.1) is 0 Å². The van der Waals surface area contributed by atoms with Crippen molar-refractivity contribution in [3.05, 3.63) is 42.2 Å². The van der Waals surface area contributed by atoms with Crippen molar-refractivity contribution in [3.63, 3.8) is 0 Å². The van der Waals surface area contributed by atoms with Crippen LogP contribution in [-0.4, -0.2) is 52.7 Å². The van der Waals surface area contributed by atoms with E-state index in [-0.39, 0.29) is 18.9 Å². The van der Waals surface area contributed by atoms with Crippen molar-refractivity contribution in [2.45, 2.75) is 12.0 Å². The van der Waals surface area contributed by atoms with Crippen LogP contribution < -0.4 is 0 Å². The Morgan fingerprint density at radius 3 is 2.86 bits per heavy atom. The molecule has 1 aromatic carbocycles. The number of carboxylic acid groups (broad SMARTS) is 1. The van der Waals surface area contributed by atoms with Crippen LogP contribution in [0.2, 0.25) is 0 Å². The molecule has 0 aliphatic carbocycles. The molecule has 1 unspecified atom stereocenters. The zero-order chi connectivity index (χ0) is 15.7. The predicted octanol–water partition coefficient (Wildman–Crippen LogP) is 1.55. The number of carbonyl (C=O) groups is 2. The molecule has 0 bridgehead atoms. The van der Waals surface area contributed by atoms with E-state index in [1.165, 1.54) is 12.0 Å². The van der Waals surface area contributed by atoms with E-state index in [2.05, 4.69) is 4.98 Å². The molecule has 1 aromatic heterocycles. The van der Waals surface area contributed by atoms with Gasteiger partial charge in [0.15, 0.2) is 5.60 Å². The second kappa shape index (κ2) is 5.38. The number of aliphatic carboxylic acids is 1. The number of pyridine rings is 1. The van der Waals surface area contributed by atoms with Crippen LogP contribution in [0.4, 0.5) is 0 Å². The number of nitrogens with zero attached hydrogens (tertiary/aromatic N) is 2. The number of ether oxygens (including phenoxy) is 1. The Morgan fingerprint density at radius 1 is 1.36 bits per heavy atom. The van der Waals surface area contributed by atoms with Gasteiger partial charge in [-0.25, -0.2) is 4.79 Å². The van der Waals surface area contributed by atoms with E-state index < -0.39 is 11.6 Å². The van der Waals surface area contributed by atoms with Crippen LogP contribution in [0.25, 0.3) is 10.8 Å². The lowest BCUT2D eigenvalue weighted by atomic mass is 10.0. The molecule has 0 saturated carbocycles. The van der Waals surface area contributed by atoms with Gasteiger partial charge in [0.05, 0.1) is 6.54 Å². The van der Waals surface area contributed by atoms with E-state index in [4.69, 9.17) is 4.74 Å². The highest BCUT2D eigenvalue weighted by atomic mass is 16.5. The van der Waals surface area contributed by atoms with E-state index in [0.717, 1.165) is 10.8 Å². The lowest BCUT2D eigenvalue weighted by molar-refractivity contribution is -0.160. The number of hydrogen-bond donors (Lipinski definition) is 1. The Morgan fingerprint density at radius 2 is 2.18 bits per heavy atom. The molecule has 2 heterocycles. The summed E-state index contributed by atoms with van der Waals surface area (Å²) in [5.41, 5.74) is -0.777. The number of amides is 1. The minimum Gasteiger partial charge on any atom is -0.479 e. The molecule has 6 nitrogen and oxygen atoms in total. The smallest absolute Gasteiger partial charge is 0.337 e. The van der Waals surface area contributed by atoms with Crippen LogP contribution in [0.15, 0.2) is 36.7 Å². The van der Waals surface area contributed by atoms with Gasteiger partial charge < -0.3 is 14.7 Å². The van der Waals surface area contributed by atoms with Crippen LogP contribution in [0.5, 0.6) is 0 Å². The molecule has 1 atom stereocenters. The normalized spacial score (nSPS) is 21.2. The Labute approximate surface area is 127 Å². The molecule has 1 aliphatic heterocycles. The summed E-state index contributed by atoms with van der Waals surface area (Å²) in [7, 11) is 1.37. The molecular formula is C16H16N2O4. The number of likely N-dealkylation sites (tertiary alicyclic amines) is 1. The molecule has 0 radical (unpaired) electrons. The Kier molecular flexibility index (Phi) is 3.54. The van der Waals surface area contributed by atoms with Crippen LogP contribution >= 0.6 is 0 Å². The summed E-state index contributed by atoms with van der Waals surface area (Å²) < 4.78 is 5.16. The lowest BCUT2D eigenvalue weighted by Gasteiger charge is -2.23. The van der Waals surface area contributed by atoms with E-state index in [1.54, 1.807) is 18.5 Å². The molecule has 0 spiro atoms. The molecule has 1 amide bonds. The molecular weight excluding hydrogens is 284 g/mol. The summed E-state index contributed by atoms with van der Waals surface area (Å²) in [4.78, 5) is 29.7.